The largest absolute Gasteiger partial charge is 0.335 e. The van der Waals surface area contributed by atoms with Crippen molar-refractivity contribution >= 4 is 16.5 Å². The number of hydrogen-bond acceptors (Lipinski definition) is 6. The molecule has 5 aliphatic rings. The molecule has 22 heavy (non-hydrogen) atoms. The van der Waals surface area contributed by atoms with Crippen molar-refractivity contribution in [3.05, 3.63) is 10.6 Å². The molecule has 2 bridgehead atoms. The Balaban J connectivity index is 1.43. The smallest absolute Gasteiger partial charge is 0.188 e. The Morgan fingerprint density at radius 3 is 2.73 bits per heavy atom. The van der Waals surface area contributed by atoms with Gasteiger partial charge < -0.3 is 14.5 Å². The number of aryl methyl sites for hydroxylation is 2. The van der Waals surface area contributed by atoms with Gasteiger partial charge in [-0.3, -0.25) is 5.73 Å². The van der Waals surface area contributed by atoms with Crippen LogP contribution in [0.3, 0.4) is 0 Å². The summed E-state index contributed by atoms with van der Waals surface area (Å²) in [6, 6.07) is 0. The van der Waals surface area contributed by atoms with Crippen LogP contribution in [0.25, 0.3) is 0 Å². The highest BCUT2D eigenvalue weighted by Gasteiger charge is 2.54. The van der Waals surface area contributed by atoms with E-state index in [-0.39, 0.29) is 12.0 Å². The molecule has 2 atom stereocenters. The minimum atomic E-state index is -0.326. The first-order valence-corrected chi connectivity index (χ1v) is 9.46. The van der Waals surface area contributed by atoms with Gasteiger partial charge in [-0.05, 0) is 57.5 Å². The lowest BCUT2D eigenvalue weighted by Crippen LogP contribution is -2.61. The molecule has 4 saturated heterocycles. The highest BCUT2D eigenvalue weighted by molar-refractivity contribution is 7.15. The van der Waals surface area contributed by atoms with Crippen molar-refractivity contribution in [2.75, 3.05) is 31.1 Å². The van der Waals surface area contributed by atoms with Crippen LogP contribution in [-0.4, -0.2) is 48.0 Å². The van der Waals surface area contributed by atoms with E-state index >= 15 is 0 Å². The van der Waals surface area contributed by atoms with Gasteiger partial charge in [0.1, 0.15) is 5.60 Å². The molecule has 4 fully saturated rings. The molecule has 1 aromatic rings. The fourth-order valence-electron chi connectivity index (χ4n) is 4.79. The number of anilines is 1. The Bertz CT molecular complexity index is 559. The predicted octanol–water partition coefficient (Wildman–Crippen LogP) is 1.57. The molecule has 1 aromatic heterocycles. The van der Waals surface area contributed by atoms with Crippen molar-refractivity contribution in [1.29, 1.82) is 0 Å². The second-order valence-electron chi connectivity index (χ2n) is 7.32. The topological polar surface area (TPSA) is 54.6 Å². The minimum absolute atomic E-state index is 0.0535. The molecule has 5 heterocycles. The van der Waals surface area contributed by atoms with Gasteiger partial charge in [-0.1, -0.05) is 0 Å². The third kappa shape index (κ3) is 1.97. The van der Waals surface area contributed by atoms with Gasteiger partial charge in [0.25, 0.3) is 0 Å². The average molecular weight is 320 g/mol. The van der Waals surface area contributed by atoms with Crippen molar-refractivity contribution in [2.24, 2.45) is 11.7 Å². The Morgan fingerprint density at radius 1 is 1.18 bits per heavy atom. The Hall–Kier alpha value is -0.690. The van der Waals surface area contributed by atoms with Crippen LogP contribution in [0.4, 0.5) is 5.13 Å². The first kappa shape index (κ1) is 13.7. The van der Waals surface area contributed by atoms with Gasteiger partial charge in [-0.2, -0.15) is 0 Å². The molecule has 2 N–H and O–H groups in total. The summed E-state index contributed by atoms with van der Waals surface area (Å²) in [7, 11) is 0. The summed E-state index contributed by atoms with van der Waals surface area (Å²) in [6.45, 7) is 4.43. The quantitative estimate of drug-likeness (QED) is 0.851. The number of thiazole rings is 1. The van der Waals surface area contributed by atoms with E-state index in [4.69, 9.17) is 15.5 Å². The number of ether oxygens (including phenoxy) is 1. The highest BCUT2D eigenvalue weighted by Crippen LogP contribution is 2.44. The molecule has 1 spiro atoms. The Kier molecular flexibility index (Phi) is 3.06. The van der Waals surface area contributed by atoms with E-state index in [0.717, 1.165) is 24.6 Å². The van der Waals surface area contributed by atoms with Gasteiger partial charge in [-0.15, -0.1) is 11.3 Å². The maximum absolute atomic E-state index is 6.36. The van der Waals surface area contributed by atoms with Crippen LogP contribution >= 0.6 is 11.3 Å². The van der Waals surface area contributed by atoms with E-state index in [2.05, 4.69) is 9.80 Å². The Morgan fingerprint density at radius 2 is 2.00 bits per heavy atom. The molecule has 0 saturated carbocycles. The highest BCUT2D eigenvalue weighted by atomic mass is 32.1. The molecule has 0 radical (unpaired) electrons. The summed E-state index contributed by atoms with van der Waals surface area (Å²) in [5.41, 5.74) is 7.62. The number of hydrogen-bond donors (Lipinski definition) is 1. The van der Waals surface area contributed by atoms with Crippen molar-refractivity contribution in [3.63, 3.8) is 0 Å². The van der Waals surface area contributed by atoms with Crippen LogP contribution < -0.4 is 10.6 Å². The second-order valence-corrected chi connectivity index (χ2v) is 8.39. The van der Waals surface area contributed by atoms with Gasteiger partial charge in [-0.25, -0.2) is 4.98 Å². The van der Waals surface area contributed by atoms with E-state index in [1.54, 1.807) is 0 Å². The fourth-order valence-corrected chi connectivity index (χ4v) is 5.97. The van der Waals surface area contributed by atoms with E-state index in [1.807, 2.05) is 11.3 Å². The minimum Gasteiger partial charge on any atom is -0.335 e. The molecular formula is C16H24N4OS. The van der Waals surface area contributed by atoms with Crippen molar-refractivity contribution < 1.29 is 4.74 Å². The van der Waals surface area contributed by atoms with Crippen molar-refractivity contribution in [2.45, 2.75) is 50.5 Å². The Labute approximate surface area is 135 Å². The summed E-state index contributed by atoms with van der Waals surface area (Å²) in [6.07, 6.45) is 7.10. The second kappa shape index (κ2) is 4.90. The number of fused-ring (bicyclic) bond motifs is 3. The van der Waals surface area contributed by atoms with Crippen molar-refractivity contribution in [1.82, 2.24) is 9.88 Å². The van der Waals surface area contributed by atoms with E-state index in [1.165, 1.54) is 55.8 Å². The molecule has 5 nitrogen and oxygen atoms in total. The van der Waals surface area contributed by atoms with Crippen LogP contribution in [0.2, 0.25) is 0 Å². The predicted molar refractivity (Wildman–Crippen MR) is 87.1 cm³/mol. The number of nitrogens with two attached hydrogens (primary N) is 1. The average Bonchev–Trinajstić information content (AvgIpc) is 3.09. The van der Waals surface area contributed by atoms with Crippen LogP contribution in [0.1, 0.15) is 36.3 Å². The summed E-state index contributed by atoms with van der Waals surface area (Å²) in [5, 5.41) is 1.09. The molecule has 4 aliphatic heterocycles. The molecule has 2 unspecified atom stereocenters. The van der Waals surface area contributed by atoms with Crippen LogP contribution in [0.15, 0.2) is 0 Å². The maximum Gasteiger partial charge on any atom is 0.188 e. The molecule has 1 aliphatic carbocycles. The van der Waals surface area contributed by atoms with Crippen LogP contribution in [0, 0.1) is 5.92 Å². The van der Waals surface area contributed by atoms with Gasteiger partial charge in [0, 0.05) is 11.4 Å². The van der Waals surface area contributed by atoms with Gasteiger partial charge in [0.15, 0.2) is 11.5 Å². The molecule has 6 rings (SSSR count). The lowest BCUT2D eigenvalue weighted by Gasteiger charge is -2.50. The summed E-state index contributed by atoms with van der Waals surface area (Å²) >= 11 is 1.84. The van der Waals surface area contributed by atoms with E-state index in [9.17, 15) is 0 Å². The normalized spacial score (nSPS) is 40.4. The first-order chi connectivity index (χ1) is 10.7. The van der Waals surface area contributed by atoms with Gasteiger partial charge in [0.2, 0.25) is 0 Å². The monoisotopic (exact) mass is 320 g/mol. The third-order valence-corrected chi connectivity index (χ3v) is 7.20. The number of piperidine rings is 3. The summed E-state index contributed by atoms with van der Waals surface area (Å²) in [5.74, 6) is 0.670. The maximum atomic E-state index is 6.36. The van der Waals surface area contributed by atoms with Gasteiger partial charge in [0.05, 0.1) is 12.2 Å². The van der Waals surface area contributed by atoms with E-state index in [0.29, 0.717) is 5.92 Å². The molecule has 0 amide bonds. The van der Waals surface area contributed by atoms with Crippen LogP contribution in [-0.2, 0) is 17.6 Å². The van der Waals surface area contributed by atoms with Gasteiger partial charge >= 0.3 is 0 Å². The molecule has 0 aromatic carbocycles. The zero-order valence-corrected chi connectivity index (χ0v) is 13.8. The number of rotatable bonds is 1. The van der Waals surface area contributed by atoms with Crippen LogP contribution in [0.5, 0.6) is 0 Å². The standard InChI is InChI=1S/C16H24N4OS/c17-14-20(15-18-12-3-1-2-4-13(12)22-15)10-16(21-14)9-19-7-5-11(16)6-8-19/h11,14H,1-10,17H2. The summed E-state index contributed by atoms with van der Waals surface area (Å²) < 4.78 is 6.35. The lowest BCUT2D eigenvalue weighted by molar-refractivity contribution is -0.137. The molecule has 120 valence electrons. The third-order valence-electron chi connectivity index (χ3n) is 6.00. The number of nitrogens with zero attached hydrogens (tertiary/aromatic N) is 3. The molecule has 6 heteroatoms. The molecular weight excluding hydrogens is 296 g/mol. The zero-order valence-electron chi connectivity index (χ0n) is 13.0. The first-order valence-electron chi connectivity index (χ1n) is 8.64. The van der Waals surface area contributed by atoms with Crippen molar-refractivity contribution in [3.8, 4) is 0 Å². The lowest BCUT2D eigenvalue weighted by atomic mass is 9.75. The summed E-state index contributed by atoms with van der Waals surface area (Å²) in [4.78, 5) is 11.1. The fraction of sp³-hybridized carbons (Fsp3) is 0.812. The van der Waals surface area contributed by atoms with E-state index < -0.39 is 0 Å². The SMILES string of the molecule is NC1OC2(CN3CCC2CC3)CN1c1nc2c(s1)CCCC2. The number of aromatic nitrogens is 1. The zero-order chi connectivity index (χ0) is 14.7.